The van der Waals surface area contributed by atoms with Crippen LogP contribution in [0.3, 0.4) is 0 Å². The van der Waals surface area contributed by atoms with E-state index in [0.717, 1.165) is 5.56 Å². The predicted octanol–water partition coefficient (Wildman–Crippen LogP) is 4.16. The third-order valence-electron chi connectivity index (χ3n) is 5.23. The van der Waals surface area contributed by atoms with E-state index in [1.54, 1.807) is 30.1 Å². The van der Waals surface area contributed by atoms with E-state index in [-0.39, 0.29) is 17.1 Å². The van der Waals surface area contributed by atoms with Gasteiger partial charge in [-0.15, -0.1) is 0 Å². The summed E-state index contributed by atoms with van der Waals surface area (Å²) in [5.41, 5.74) is 1.88. The van der Waals surface area contributed by atoms with Gasteiger partial charge in [0.2, 0.25) is 10.0 Å². The normalized spacial score (nSPS) is 14.7. The number of hydrogen-bond donors (Lipinski definition) is 1. The fourth-order valence-electron chi connectivity index (χ4n) is 3.64. The fraction of sp³-hybridized carbons (Fsp3) is 0.227. The summed E-state index contributed by atoms with van der Waals surface area (Å²) in [5.74, 6) is 0.0468. The summed E-state index contributed by atoms with van der Waals surface area (Å²) in [6, 6.07) is 9.12. The van der Waals surface area contributed by atoms with Crippen molar-refractivity contribution in [2.24, 2.45) is 7.05 Å². The van der Waals surface area contributed by atoms with Gasteiger partial charge in [-0.05, 0) is 59.9 Å². The molecule has 1 atom stereocenters. The van der Waals surface area contributed by atoms with E-state index >= 15 is 0 Å². The Morgan fingerprint density at radius 2 is 1.88 bits per heavy atom. The molecule has 0 aliphatic heterocycles. The van der Waals surface area contributed by atoms with Gasteiger partial charge in [0, 0.05) is 19.4 Å². The number of alkyl halides is 2. The Bertz CT molecular complexity index is 1250. The topological polar surface area (TPSA) is 73.2 Å². The molecular formula is C22H20F3N3O3S. The number of halogens is 3. The molecule has 6 nitrogen and oxygen atoms in total. The first kappa shape index (κ1) is 22.1. The van der Waals surface area contributed by atoms with E-state index in [9.17, 15) is 21.6 Å². The number of imidazole rings is 1. The van der Waals surface area contributed by atoms with Crippen molar-refractivity contribution in [3.05, 3.63) is 88.1 Å². The number of hydrogen-bond acceptors (Lipinski definition) is 4. The zero-order chi connectivity index (χ0) is 22.9. The zero-order valence-corrected chi connectivity index (χ0v) is 17.8. The Labute approximate surface area is 183 Å². The van der Waals surface area contributed by atoms with Crippen LogP contribution < -0.4 is 9.46 Å². The number of benzene rings is 2. The number of allylic oxidation sites excluding steroid dienone is 1. The van der Waals surface area contributed by atoms with Gasteiger partial charge in [0.15, 0.2) is 0 Å². The molecule has 1 aromatic heterocycles. The van der Waals surface area contributed by atoms with Gasteiger partial charge in [0.05, 0.1) is 4.91 Å². The van der Waals surface area contributed by atoms with Crippen LogP contribution in [0.4, 0.5) is 13.2 Å². The number of ether oxygens (including phenoxy) is 1. The Kier molecular flexibility index (Phi) is 6.07. The second-order valence-electron chi connectivity index (χ2n) is 7.35. The van der Waals surface area contributed by atoms with Crippen LogP contribution in [0.2, 0.25) is 0 Å². The van der Waals surface area contributed by atoms with Crippen LogP contribution in [0.1, 0.15) is 35.0 Å². The largest absolute Gasteiger partial charge is 0.435 e. The molecule has 1 unspecified atom stereocenters. The Morgan fingerprint density at radius 3 is 2.53 bits per heavy atom. The average molecular weight is 463 g/mol. The minimum Gasteiger partial charge on any atom is -0.435 e. The number of aryl methyl sites for hydroxylation is 2. The minimum absolute atomic E-state index is 0.0303. The zero-order valence-electron chi connectivity index (χ0n) is 17.0. The first-order valence-corrected chi connectivity index (χ1v) is 11.2. The second kappa shape index (κ2) is 8.79. The molecule has 1 aliphatic rings. The van der Waals surface area contributed by atoms with Gasteiger partial charge in [-0.25, -0.2) is 17.8 Å². The number of nitrogens with zero attached hydrogens (tertiary/aromatic N) is 2. The highest BCUT2D eigenvalue weighted by molar-refractivity contribution is 7.93. The van der Waals surface area contributed by atoms with Gasteiger partial charge in [-0.2, -0.15) is 13.5 Å². The molecule has 2 aromatic carbocycles. The standard InChI is InChI=1S/C22H20F3N3O3S/c1-28-11-10-26-21(28)20(14-2-6-17(23)7-3-14)27-32(29,30)19-9-5-15-12-18(31-22(24)25)8-4-16(15)13-19/h2-4,6-8,10-13,20,22,27H,5,9H2,1H3. The predicted molar refractivity (Wildman–Crippen MR) is 113 cm³/mol. The Hall–Kier alpha value is -3.11. The third kappa shape index (κ3) is 4.71. The smallest absolute Gasteiger partial charge is 0.387 e. The molecule has 0 spiro atoms. The Morgan fingerprint density at radius 1 is 1.12 bits per heavy atom. The summed E-state index contributed by atoms with van der Waals surface area (Å²) < 4.78 is 73.6. The summed E-state index contributed by atoms with van der Waals surface area (Å²) in [5, 5.41) is 0. The maximum absolute atomic E-state index is 13.4. The maximum Gasteiger partial charge on any atom is 0.387 e. The fourth-order valence-corrected chi connectivity index (χ4v) is 5.00. The number of fused-ring (bicyclic) bond motifs is 1. The molecule has 0 fully saturated rings. The van der Waals surface area contributed by atoms with Crippen molar-refractivity contribution >= 4 is 16.1 Å². The van der Waals surface area contributed by atoms with Gasteiger partial charge < -0.3 is 9.30 Å². The molecule has 168 valence electrons. The van der Waals surface area contributed by atoms with Crippen molar-refractivity contribution in [3.63, 3.8) is 0 Å². The molecule has 32 heavy (non-hydrogen) atoms. The molecule has 0 saturated heterocycles. The van der Waals surface area contributed by atoms with Crippen LogP contribution in [0.5, 0.6) is 5.75 Å². The average Bonchev–Trinajstić information content (AvgIpc) is 3.17. The summed E-state index contributed by atoms with van der Waals surface area (Å²) in [4.78, 5) is 4.42. The number of sulfonamides is 1. The highest BCUT2D eigenvalue weighted by Gasteiger charge is 2.29. The van der Waals surface area contributed by atoms with Crippen LogP contribution in [0.15, 0.2) is 59.8 Å². The summed E-state index contributed by atoms with van der Waals surface area (Å²) in [6.45, 7) is -2.93. The van der Waals surface area contributed by atoms with E-state index in [0.29, 0.717) is 23.4 Å². The second-order valence-corrected chi connectivity index (χ2v) is 9.12. The molecule has 0 saturated carbocycles. The molecule has 1 aliphatic carbocycles. The van der Waals surface area contributed by atoms with Crippen LogP contribution in [0, 0.1) is 5.82 Å². The van der Waals surface area contributed by atoms with E-state index in [4.69, 9.17) is 0 Å². The van der Waals surface area contributed by atoms with Gasteiger partial charge >= 0.3 is 6.61 Å². The molecule has 10 heteroatoms. The van der Waals surface area contributed by atoms with E-state index in [2.05, 4.69) is 14.4 Å². The molecule has 0 radical (unpaired) electrons. The van der Waals surface area contributed by atoms with Crippen molar-refractivity contribution in [2.75, 3.05) is 0 Å². The molecule has 4 rings (SSSR count). The van der Waals surface area contributed by atoms with E-state index < -0.39 is 28.5 Å². The van der Waals surface area contributed by atoms with Gasteiger partial charge in [-0.3, -0.25) is 0 Å². The van der Waals surface area contributed by atoms with Crippen LogP contribution in [0.25, 0.3) is 6.08 Å². The van der Waals surface area contributed by atoms with Crippen molar-refractivity contribution in [2.45, 2.75) is 25.5 Å². The monoisotopic (exact) mass is 463 g/mol. The summed E-state index contributed by atoms with van der Waals surface area (Å²) >= 11 is 0. The molecule has 1 heterocycles. The lowest BCUT2D eigenvalue weighted by molar-refractivity contribution is -0.0498. The van der Waals surface area contributed by atoms with Crippen molar-refractivity contribution in [1.29, 1.82) is 0 Å². The van der Waals surface area contributed by atoms with Crippen LogP contribution in [-0.4, -0.2) is 24.6 Å². The van der Waals surface area contributed by atoms with Crippen molar-refractivity contribution < 1.29 is 26.3 Å². The van der Waals surface area contributed by atoms with Crippen LogP contribution in [-0.2, 0) is 23.5 Å². The summed E-state index contributed by atoms with van der Waals surface area (Å²) in [7, 11) is -2.20. The Balaban J connectivity index is 1.65. The third-order valence-corrected chi connectivity index (χ3v) is 6.79. The van der Waals surface area contributed by atoms with Crippen molar-refractivity contribution in [1.82, 2.24) is 14.3 Å². The lowest BCUT2D eigenvalue weighted by Gasteiger charge is -2.22. The summed E-state index contributed by atoms with van der Waals surface area (Å²) in [6.07, 6.45) is 5.31. The molecular weight excluding hydrogens is 443 g/mol. The lowest BCUT2D eigenvalue weighted by Crippen LogP contribution is -2.32. The van der Waals surface area contributed by atoms with Gasteiger partial charge in [-0.1, -0.05) is 18.2 Å². The van der Waals surface area contributed by atoms with Gasteiger partial charge in [0.1, 0.15) is 23.4 Å². The minimum atomic E-state index is -3.94. The van der Waals surface area contributed by atoms with Crippen LogP contribution >= 0.6 is 0 Å². The number of aromatic nitrogens is 2. The molecule has 0 bridgehead atoms. The molecule has 1 N–H and O–H groups in total. The SMILES string of the molecule is Cn1ccnc1C(NS(=O)(=O)C1=Cc2ccc(OC(F)F)cc2CC1)c1ccc(F)cc1. The molecule has 0 amide bonds. The highest BCUT2D eigenvalue weighted by atomic mass is 32.2. The number of rotatable bonds is 7. The van der Waals surface area contributed by atoms with E-state index in [1.165, 1.54) is 42.5 Å². The highest BCUT2D eigenvalue weighted by Crippen LogP contribution is 2.31. The maximum atomic E-state index is 13.4. The van der Waals surface area contributed by atoms with Gasteiger partial charge in [0.25, 0.3) is 0 Å². The van der Waals surface area contributed by atoms with E-state index in [1.807, 2.05) is 0 Å². The molecule has 3 aromatic rings. The number of nitrogens with one attached hydrogen (secondary N) is 1. The quantitative estimate of drug-likeness (QED) is 0.571. The first-order valence-electron chi connectivity index (χ1n) is 9.76. The van der Waals surface area contributed by atoms with Crippen molar-refractivity contribution in [3.8, 4) is 5.75 Å². The lowest BCUT2D eigenvalue weighted by atomic mass is 9.97. The first-order chi connectivity index (χ1) is 15.2.